The molecule has 0 fully saturated rings. The summed E-state index contributed by atoms with van der Waals surface area (Å²) >= 11 is 0. The van der Waals surface area contributed by atoms with Crippen LogP contribution in [0.1, 0.15) is 31.3 Å². The maximum atomic E-state index is 13.9. The van der Waals surface area contributed by atoms with Crippen LogP contribution in [0.25, 0.3) is 27.7 Å². The van der Waals surface area contributed by atoms with Gasteiger partial charge in [-0.15, -0.1) is 0 Å². The number of nitrogens with zero attached hydrogens (tertiary/aromatic N) is 3. The Labute approximate surface area is 264 Å². The average molecular weight is 630 g/mol. The molecular weight excluding hydrogens is 595 g/mol. The molecule has 1 atom stereocenters. The van der Waals surface area contributed by atoms with E-state index in [1.54, 1.807) is 55.5 Å². The fraction of sp³-hybridized carbons (Fsp3) is 0.250. The molecule has 1 unspecified atom stereocenters. The van der Waals surface area contributed by atoms with Crippen molar-refractivity contribution < 1.29 is 27.4 Å². The van der Waals surface area contributed by atoms with Crippen molar-refractivity contribution in [1.82, 2.24) is 14.5 Å². The third kappa shape index (κ3) is 7.81. The third-order valence-corrected chi connectivity index (χ3v) is 7.53. The molecule has 0 radical (unpaired) electrons. The van der Waals surface area contributed by atoms with E-state index in [2.05, 4.69) is 0 Å². The van der Waals surface area contributed by atoms with Gasteiger partial charge in [-0.25, -0.2) is 4.98 Å². The number of halogens is 3. The molecule has 238 valence electrons. The summed E-state index contributed by atoms with van der Waals surface area (Å²) in [6.07, 6.45) is -4.52. The van der Waals surface area contributed by atoms with Crippen molar-refractivity contribution in [3.63, 3.8) is 0 Å². The van der Waals surface area contributed by atoms with Gasteiger partial charge in [-0.05, 0) is 66.9 Å². The number of benzene rings is 4. The Balaban J connectivity index is 1.50. The van der Waals surface area contributed by atoms with Crippen LogP contribution in [-0.4, -0.2) is 52.9 Å². The molecule has 1 amide bonds. The molecule has 0 bridgehead atoms. The molecule has 0 N–H and O–H groups in total. The molecule has 7 nitrogen and oxygen atoms in total. The number of para-hydroxylation sites is 1. The summed E-state index contributed by atoms with van der Waals surface area (Å²) in [5, 5.41) is 0.386. The molecule has 10 heteroatoms. The Morgan fingerprint density at radius 3 is 2.22 bits per heavy atom. The summed E-state index contributed by atoms with van der Waals surface area (Å²) in [6.45, 7) is 2.11. The van der Waals surface area contributed by atoms with Crippen molar-refractivity contribution in [2.24, 2.45) is 0 Å². The lowest BCUT2D eigenvalue weighted by atomic mass is 10.0. The zero-order valence-corrected chi connectivity index (χ0v) is 25.5. The molecule has 0 aliphatic carbocycles. The van der Waals surface area contributed by atoms with Gasteiger partial charge >= 0.3 is 6.18 Å². The van der Waals surface area contributed by atoms with Crippen molar-refractivity contribution in [2.45, 2.75) is 32.5 Å². The Morgan fingerprint density at radius 1 is 0.891 bits per heavy atom. The van der Waals surface area contributed by atoms with Crippen LogP contribution in [0, 0.1) is 0 Å². The lowest BCUT2D eigenvalue weighted by Gasteiger charge is -2.31. The minimum Gasteiger partial charge on any atom is -0.494 e. The monoisotopic (exact) mass is 629 g/mol. The second-order valence-electron chi connectivity index (χ2n) is 10.7. The molecule has 5 aromatic rings. The maximum absolute atomic E-state index is 13.9. The Hall–Kier alpha value is -4.96. The first-order valence-corrected chi connectivity index (χ1v) is 15.0. The van der Waals surface area contributed by atoms with Gasteiger partial charge in [0.05, 0.1) is 42.3 Å². The summed E-state index contributed by atoms with van der Waals surface area (Å²) in [5.41, 5.74) is 3.36. The molecule has 5 rings (SSSR count). The van der Waals surface area contributed by atoms with E-state index in [-0.39, 0.29) is 36.9 Å². The number of aromatic nitrogens is 2. The molecule has 0 spiro atoms. The fourth-order valence-corrected chi connectivity index (χ4v) is 5.28. The highest BCUT2D eigenvalue weighted by atomic mass is 19.4. The molecular formula is C36H34F3N3O4. The summed E-state index contributed by atoms with van der Waals surface area (Å²) < 4.78 is 50.5. The first-order valence-electron chi connectivity index (χ1n) is 15.0. The van der Waals surface area contributed by atoms with E-state index in [0.717, 1.165) is 16.7 Å². The van der Waals surface area contributed by atoms with Crippen molar-refractivity contribution in [3.05, 3.63) is 125 Å². The van der Waals surface area contributed by atoms with E-state index in [1.807, 2.05) is 61.5 Å². The number of amides is 1. The zero-order chi connectivity index (χ0) is 32.7. The highest BCUT2D eigenvalue weighted by molar-refractivity contribution is 5.80. The number of carbonyl (C=O) groups is 1. The maximum Gasteiger partial charge on any atom is 0.411 e. The van der Waals surface area contributed by atoms with Crippen LogP contribution >= 0.6 is 0 Å². The number of hydrogen-bond acceptors (Lipinski definition) is 5. The van der Waals surface area contributed by atoms with Crippen LogP contribution < -0.4 is 10.3 Å². The standard InChI is InChI=1S/C36H34F3N3O4/c1-3-46-30-19-17-29(18-20-30)42-34(40-32-12-8-7-11-31(32)35(42)44)25(2)41(21-22-45-24-36(37,38)39)33(43)23-26-13-15-28(16-14-26)27-9-5-4-6-10-27/h4-20,25H,3,21-24H2,1-2H3. The normalized spacial score (nSPS) is 12.2. The minimum atomic E-state index is -4.50. The average Bonchev–Trinajstić information content (AvgIpc) is 3.05. The Morgan fingerprint density at radius 2 is 1.54 bits per heavy atom. The Kier molecular flexibility index (Phi) is 10.2. The number of alkyl halides is 3. The molecule has 0 saturated carbocycles. The zero-order valence-electron chi connectivity index (χ0n) is 25.5. The van der Waals surface area contributed by atoms with Crippen LogP contribution in [-0.2, 0) is 16.0 Å². The summed E-state index contributed by atoms with van der Waals surface area (Å²) in [7, 11) is 0. The van der Waals surface area contributed by atoms with Crippen LogP contribution in [0.4, 0.5) is 13.2 Å². The lowest BCUT2D eigenvalue weighted by Crippen LogP contribution is -2.40. The van der Waals surface area contributed by atoms with E-state index >= 15 is 0 Å². The second-order valence-corrected chi connectivity index (χ2v) is 10.7. The summed E-state index contributed by atoms with van der Waals surface area (Å²) in [4.78, 5) is 34.0. The van der Waals surface area contributed by atoms with Crippen molar-refractivity contribution >= 4 is 16.8 Å². The molecule has 46 heavy (non-hydrogen) atoms. The van der Waals surface area contributed by atoms with E-state index in [0.29, 0.717) is 28.9 Å². The molecule has 0 saturated heterocycles. The van der Waals surface area contributed by atoms with Gasteiger partial charge in [0.1, 0.15) is 18.2 Å². The minimum absolute atomic E-state index is 0.0143. The lowest BCUT2D eigenvalue weighted by molar-refractivity contribution is -0.175. The first-order chi connectivity index (χ1) is 22.1. The number of hydrogen-bond donors (Lipinski definition) is 0. The Bertz CT molecular complexity index is 1820. The number of rotatable bonds is 12. The molecule has 1 heterocycles. The summed E-state index contributed by atoms with van der Waals surface area (Å²) in [5.74, 6) is 0.534. The topological polar surface area (TPSA) is 73.7 Å². The van der Waals surface area contributed by atoms with Gasteiger partial charge in [0, 0.05) is 6.54 Å². The predicted octanol–water partition coefficient (Wildman–Crippen LogP) is 7.16. The number of ether oxygens (including phenoxy) is 2. The van der Waals surface area contributed by atoms with Gasteiger partial charge in [-0.1, -0.05) is 66.7 Å². The SMILES string of the molecule is CCOc1ccc(-n2c(C(C)N(CCOCC(F)(F)F)C(=O)Cc3ccc(-c4ccccc4)cc3)nc3ccccc3c2=O)cc1. The summed E-state index contributed by atoms with van der Waals surface area (Å²) in [6, 6.07) is 30.4. The van der Waals surface area contributed by atoms with Gasteiger partial charge in [0.2, 0.25) is 5.91 Å². The second kappa shape index (κ2) is 14.4. The van der Waals surface area contributed by atoms with Crippen molar-refractivity contribution in [1.29, 1.82) is 0 Å². The number of carbonyl (C=O) groups excluding carboxylic acids is 1. The molecule has 1 aromatic heterocycles. The largest absolute Gasteiger partial charge is 0.494 e. The van der Waals surface area contributed by atoms with E-state index in [9.17, 15) is 22.8 Å². The predicted molar refractivity (Wildman–Crippen MR) is 171 cm³/mol. The molecule has 0 aliphatic rings. The van der Waals surface area contributed by atoms with Crippen LogP contribution in [0.3, 0.4) is 0 Å². The highest BCUT2D eigenvalue weighted by Crippen LogP contribution is 2.26. The molecule has 4 aromatic carbocycles. The van der Waals surface area contributed by atoms with Crippen LogP contribution in [0.15, 0.2) is 108 Å². The van der Waals surface area contributed by atoms with E-state index < -0.39 is 18.8 Å². The smallest absolute Gasteiger partial charge is 0.411 e. The van der Waals surface area contributed by atoms with Gasteiger partial charge in [0.15, 0.2) is 0 Å². The van der Waals surface area contributed by atoms with E-state index in [1.165, 1.54) is 9.47 Å². The fourth-order valence-electron chi connectivity index (χ4n) is 5.28. The van der Waals surface area contributed by atoms with Crippen molar-refractivity contribution in [2.75, 3.05) is 26.4 Å². The number of fused-ring (bicyclic) bond motifs is 1. The van der Waals surface area contributed by atoms with Crippen molar-refractivity contribution in [3.8, 4) is 22.6 Å². The van der Waals surface area contributed by atoms with Gasteiger partial charge in [-0.3, -0.25) is 14.2 Å². The van der Waals surface area contributed by atoms with Gasteiger partial charge < -0.3 is 14.4 Å². The first kappa shape index (κ1) is 32.4. The molecule has 0 aliphatic heterocycles. The highest BCUT2D eigenvalue weighted by Gasteiger charge is 2.30. The van der Waals surface area contributed by atoms with Crippen LogP contribution in [0.5, 0.6) is 5.75 Å². The van der Waals surface area contributed by atoms with Crippen LogP contribution in [0.2, 0.25) is 0 Å². The third-order valence-electron chi connectivity index (χ3n) is 7.53. The van der Waals surface area contributed by atoms with Gasteiger partial charge in [0.25, 0.3) is 5.56 Å². The van der Waals surface area contributed by atoms with E-state index in [4.69, 9.17) is 14.5 Å². The quantitative estimate of drug-likeness (QED) is 0.137. The van der Waals surface area contributed by atoms with Gasteiger partial charge in [-0.2, -0.15) is 13.2 Å².